The minimum absolute atomic E-state index is 0. The number of hydrogen-bond acceptors (Lipinski definition) is 6. The van der Waals surface area contributed by atoms with E-state index in [1.165, 1.54) is 13.2 Å². The molecule has 0 aliphatic carbocycles. The van der Waals surface area contributed by atoms with Gasteiger partial charge in [0, 0.05) is 20.0 Å². The van der Waals surface area contributed by atoms with E-state index in [1.807, 2.05) is 43.3 Å². The number of rotatable bonds is 6. The van der Waals surface area contributed by atoms with Gasteiger partial charge in [-0.2, -0.15) is 0 Å². The standard InChI is InChI=1S/C25H25FN4O3.H2/c1-3-25-13-17(33-15-16-8-5-4-6-9-16)14-30(25)21-12-20(28-29-23(21)27-24(25)31)18-10-7-11-19(26)22(18)32-2;/h4-12,17H,3,13-15H2,1-2H3,(H,27,29,31);1H/t17-,25-;/m1./s1. The molecule has 1 fully saturated rings. The number of fused-ring (bicyclic) bond motifs is 3. The van der Waals surface area contributed by atoms with Crippen LogP contribution in [0.25, 0.3) is 11.3 Å². The van der Waals surface area contributed by atoms with Crippen molar-refractivity contribution >= 4 is 17.4 Å². The van der Waals surface area contributed by atoms with Crippen LogP contribution in [0.1, 0.15) is 26.8 Å². The molecule has 2 aliphatic rings. The summed E-state index contributed by atoms with van der Waals surface area (Å²) in [7, 11) is 1.42. The number of ether oxygens (including phenoxy) is 2. The monoisotopic (exact) mass is 450 g/mol. The van der Waals surface area contributed by atoms with Gasteiger partial charge in [-0.25, -0.2) is 4.39 Å². The van der Waals surface area contributed by atoms with Crippen LogP contribution in [0.4, 0.5) is 15.9 Å². The predicted molar refractivity (Wildman–Crippen MR) is 125 cm³/mol. The lowest BCUT2D eigenvalue weighted by molar-refractivity contribution is -0.121. The van der Waals surface area contributed by atoms with Crippen LogP contribution in [0.2, 0.25) is 0 Å². The zero-order valence-corrected chi connectivity index (χ0v) is 18.5. The first-order chi connectivity index (χ1) is 16.1. The van der Waals surface area contributed by atoms with Crippen molar-refractivity contribution in [3.8, 4) is 17.0 Å². The normalized spacial score (nSPS) is 21.4. The Kier molecular flexibility index (Phi) is 5.46. The number of halogens is 1. The maximum Gasteiger partial charge on any atom is 0.251 e. The van der Waals surface area contributed by atoms with Gasteiger partial charge in [-0.3, -0.25) is 4.79 Å². The third-order valence-corrected chi connectivity index (χ3v) is 6.55. The minimum Gasteiger partial charge on any atom is -0.493 e. The smallest absolute Gasteiger partial charge is 0.251 e. The Labute approximate surface area is 193 Å². The number of nitrogens with one attached hydrogen (secondary N) is 1. The summed E-state index contributed by atoms with van der Waals surface area (Å²) in [4.78, 5) is 15.2. The molecule has 1 N–H and O–H groups in total. The Hall–Kier alpha value is -3.52. The molecule has 1 aromatic heterocycles. The van der Waals surface area contributed by atoms with Crippen molar-refractivity contribution in [3.05, 3.63) is 66.0 Å². The zero-order chi connectivity index (χ0) is 23.0. The van der Waals surface area contributed by atoms with Crippen LogP contribution >= 0.6 is 0 Å². The lowest BCUT2D eigenvalue weighted by Gasteiger charge is -2.41. The maximum absolute atomic E-state index is 14.3. The SMILES string of the molecule is CC[C@]12C[C@@H](OCc3ccccc3)CN1c1cc(-c3cccc(F)c3OC)nnc1NC2=O.[HH]. The molecule has 2 atom stereocenters. The molecule has 5 rings (SSSR count). The molecule has 2 aromatic carbocycles. The molecule has 33 heavy (non-hydrogen) atoms. The number of para-hydroxylation sites is 1. The lowest BCUT2D eigenvalue weighted by atomic mass is 9.89. The second-order valence-corrected chi connectivity index (χ2v) is 8.36. The van der Waals surface area contributed by atoms with Crippen molar-refractivity contribution in [1.82, 2.24) is 10.2 Å². The van der Waals surface area contributed by atoms with Crippen molar-refractivity contribution in [2.24, 2.45) is 0 Å². The molecule has 3 aromatic rings. The molecule has 8 heteroatoms. The molecular formula is C25H27FN4O3. The van der Waals surface area contributed by atoms with Gasteiger partial charge < -0.3 is 19.7 Å². The van der Waals surface area contributed by atoms with Crippen molar-refractivity contribution < 1.29 is 20.1 Å². The van der Waals surface area contributed by atoms with Crippen LogP contribution in [-0.4, -0.2) is 41.4 Å². The van der Waals surface area contributed by atoms with Crippen LogP contribution in [0.3, 0.4) is 0 Å². The van der Waals surface area contributed by atoms with Gasteiger partial charge in [-0.05, 0) is 30.2 Å². The summed E-state index contributed by atoms with van der Waals surface area (Å²) >= 11 is 0. The van der Waals surface area contributed by atoms with Gasteiger partial charge in [0.25, 0.3) is 5.91 Å². The molecule has 0 unspecified atom stereocenters. The van der Waals surface area contributed by atoms with Gasteiger partial charge in [0.1, 0.15) is 5.54 Å². The average molecular weight is 451 g/mol. The summed E-state index contributed by atoms with van der Waals surface area (Å²) in [5.41, 5.74) is 2.08. The van der Waals surface area contributed by atoms with E-state index in [1.54, 1.807) is 12.1 Å². The van der Waals surface area contributed by atoms with E-state index >= 15 is 0 Å². The summed E-state index contributed by atoms with van der Waals surface area (Å²) in [5.74, 6) is -0.0688. The lowest BCUT2D eigenvalue weighted by Crippen LogP contribution is -2.56. The highest BCUT2D eigenvalue weighted by Crippen LogP contribution is 2.46. The van der Waals surface area contributed by atoms with Gasteiger partial charge in [-0.15, -0.1) is 10.2 Å². The number of hydrogen-bond donors (Lipinski definition) is 1. The summed E-state index contributed by atoms with van der Waals surface area (Å²) < 4.78 is 25.8. The first kappa shape index (κ1) is 21.3. The van der Waals surface area contributed by atoms with Crippen LogP contribution in [-0.2, 0) is 16.1 Å². The molecule has 3 heterocycles. The second kappa shape index (κ2) is 8.44. The molecule has 172 valence electrons. The molecule has 1 amide bonds. The fourth-order valence-corrected chi connectivity index (χ4v) is 4.82. The Bertz CT molecular complexity index is 1200. The number of aromatic nitrogens is 2. The fraction of sp³-hybridized carbons (Fsp3) is 0.320. The molecule has 1 saturated heterocycles. The van der Waals surface area contributed by atoms with E-state index in [0.717, 1.165) is 11.3 Å². The highest BCUT2D eigenvalue weighted by Gasteiger charge is 2.54. The number of benzene rings is 2. The van der Waals surface area contributed by atoms with Crippen molar-refractivity contribution in [1.29, 1.82) is 0 Å². The molecular weight excluding hydrogens is 423 g/mol. The topological polar surface area (TPSA) is 76.6 Å². The van der Waals surface area contributed by atoms with Crippen LogP contribution in [0.15, 0.2) is 54.6 Å². The van der Waals surface area contributed by atoms with E-state index in [2.05, 4.69) is 20.4 Å². The Morgan fingerprint density at radius 2 is 2.03 bits per heavy atom. The third kappa shape index (κ3) is 3.60. The maximum atomic E-state index is 14.3. The van der Waals surface area contributed by atoms with Gasteiger partial charge in [0.2, 0.25) is 0 Å². The molecule has 0 radical (unpaired) electrons. The summed E-state index contributed by atoms with van der Waals surface area (Å²) in [6.45, 7) is 3.03. The summed E-state index contributed by atoms with van der Waals surface area (Å²) in [5, 5.41) is 11.4. The van der Waals surface area contributed by atoms with Crippen molar-refractivity contribution in [3.63, 3.8) is 0 Å². The molecule has 0 spiro atoms. The second-order valence-electron chi connectivity index (χ2n) is 8.36. The van der Waals surface area contributed by atoms with E-state index in [0.29, 0.717) is 43.1 Å². The zero-order valence-electron chi connectivity index (χ0n) is 18.5. The van der Waals surface area contributed by atoms with Gasteiger partial charge in [0.15, 0.2) is 17.4 Å². The van der Waals surface area contributed by atoms with E-state index in [-0.39, 0.29) is 19.2 Å². The van der Waals surface area contributed by atoms with E-state index in [9.17, 15) is 9.18 Å². The summed E-state index contributed by atoms with van der Waals surface area (Å²) in [6.07, 6.45) is 1.06. The van der Waals surface area contributed by atoms with Gasteiger partial charge in [0.05, 0.1) is 31.2 Å². The highest BCUT2D eigenvalue weighted by molar-refractivity contribution is 6.06. The Balaban J connectivity index is 0.00000274. The van der Waals surface area contributed by atoms with Crippen molar-refractivity contribution in [2.75, 3.05) is 23.9 Å². The number of amides is 1. The van der Waals surface area contributed by atoms with Crippen LogP contribution < -0.4 is 15.0 Å². The average Bonchev–Trinajstić information content (AvgIpc) is 3.24. The largest absolute Gasteiger partial charge is 0.493 e. The minimum atomic E-state index is -0.735. The number of anilines is 2. The quantitative estimate of drug-likeness (QED) is 0.599. The molecule has 2 aliphatic heterocycles. The number of carbonyl (C=O) groups excluding carboxylic acids is 1. The number of nitrogens with zero attached hydrogens (tertiary/aromatic N) is 3. The molecule has 7 nitrogen and oxygen atoms in total. The summed E-state index contributed by atoms with van der Waals surface area (Å²) in [6, 6.07) is 16.5. The van der Waals surface area contributed by atoms with E-state index < -0.39 is 11.4 Å². The molecule has 0 bridgehead atoms. The molecule has 0 saturated carbocycles. The number of methoxy groups -OCH3 is 1. The third-order valence-electron chi connectivity index (χ3n) is 6.55. The van der Waals surface area contributed by atoms with Crippen LogP contribution in [0, 0.1) is 5.82 Å². The number of carbonyl (C=O) groups is 1. The first-order valence-electron chi connectivity index (χ1n) is 11.0. The van der Waals surface area contributed by atoms with Crippen molar-refractivity contribution in [2.45, 2.75) is 38.0 Å². The fourth-order valence-electron chi connectivity index (χ4n) is 4.82. The first-order valence-corrected chi connectivity index (χ1v) is 11.0. The van der Waals surface area contributed by atoms with Gasteiger partial charge >= 0.3 is 0 Å². The Morgan fingerprint density at radius 1 is 1.21 bits per heavy atom. The van der Waals surface area contributed by atoms with Gasteiger partial charge in [-0.1, -0.05) is 43.3 Å². The van der Waals surface area contributed by atoms with Crippen LogP contribution in [0.5, 0.6) is 5.75 Å². The van der Waals surface area contributed by atoms with E-state index in [4.69, 9.17) is 9.47 Å². The predicted octanol–water partition coefficient (Wildman–Crippen LogP) is 4.43. The highest BCUT2D eigenvalue weighted by atomic mass is 19.1. The Morgan fingerprint density at radius 3 is 2.79 bits per heavy atom.